The molecule has 2 heterocycles. The summed E-state index contributed by atoms with van der Waals surface area (Å²) < 4.78 is 11.3. The maximum atomic E-state index is 12.4. The molecule has 0 radical (unpaired) electrons. The van der Waals surface area contributed by atoms with Crippen LogP contribution in [0.3, 0.4) is 0 Å². The minimum Gasteiger partial charge on any atom is -0.458 e. The molecule has 1 aromatic heterocycles. The average Bonchev–Trinajstić information content (AvgIpc) is 2.74. The second kappa shape index (κ2) is 12.9. The van der Waals surface area contributed by atoms with Gasteiger partial charge in [0.1, 0.15) is 12.2 Å². The Morgan fingerprint density at radius 1 is 1.23 bits per heavy atom. The lowest BCUT2D eigenvalue weighted by atomic mass is 9.95. The molecule has 0 aromatic carbocycles. The van der Waals surface area contributed by atoms with Crippen molar-refractivity contribution in [1.29, 1.82) is 0 Å². The summed E-state index contributed by atoms with van der Waals surface area (Å²) in [7, 11) is 0. The Kier molecular flexibility index (Phi) is 10.2. The molecule has 0 saturated carbocycles. The number of cyclic esters (lactones) is 1. The van der Waals surface area contributed by atoms with E-state index >= 15 is 0 Å². The molecule has 4 atom stereocenters. The maximum Gasteiger partial charge on any atom is 0.306 e. The molecule has 1 aliphatic heterocycles. The third kappa shape index (κ3) is 8.91. The second-order valence-corrected chi connectivity index (χ2v) is 8.24. The lowest BCUT2D eigenvalue weighted by molar-refractivity contribution is -0.148. The lowest BCUT2D eigenvalue weighted by Gasteiger charge is -2.24. The summed E-state index contributed by atoms with van der Waals surface area (Å²) in [6.07, 6.45) is 15.0. The molecule has 5 nitrogen and oxygen atoms in total. The summed E-state index contributed by atoms with van der Waals surface area (Å²) in [4.78, 5) is 28.2. The highest BCUT2D eigenvalue weighted by Gasteiger charge is 2.22. The molecule has 0 unspecified atom stereocenters. The Morgan fingerprint density at radius 3 is 2.74 bits per heavy atom. The molecule has 0 spiro atoms. The summed E-state index contributed by atoms with van der Waals surface area (Å²) in [5, 5.41) is 0. The number of aromatic nitrogens is 1. The largest absolute Gasteiger partial charge is 0.458 e. The van der Waals surface area contributed by atoms with E-state index in [1.165, 1.54) is 6.92 Å². The molecule has 168 valence electrons. The molecule has 0 N–H and O–H groups in total. The summed E-state index contributed by atoms with van der Waals surface area (Å²) in [6.45, 7) is 7.53. The van der Waals surface area contributed by atoms with Crippen molar-refractivity contribution >= 4 is 11.9 Å². The van der Waals surface area contributed by atoms with Crippen molar-refractivity contribution < 1.29 is 19.1 Å². The Morgan fingerprint density at radius 2 is 2.03 bits per heavy atom. The predicted molar refractivity (Wildman–Crippen MR) is 122 cm³/mol. The normalized spacial score (nSPS) is 25.7. The Hall–Kier alpha value is -2.69. The number of allylic oxidation sites excluding steroid dienone is 3. The van der Waals surface area contributed by atoms with Gasteiger partial charge in [-0.2, -0.15) is 0 Å². The Labute approximate surface area is 186 Å². The van der Waals surface area contributed by atoms with Crippen LogP contribution in [0.4, 0.5) is 0 Å². The van der Waals surface area contributed by atoms with Crippen LogP contribution in [0.25, 0.3) is 0 Å². The summed E-state index contributed by atoms with van der Waals surface area (Å²) in [5.41, 5.74) is 1.98. The van der Waals surface area contributed by atoms with Crippen LogP contribution in [0.1, 0.15) is 71.4 Å². The molecule has 0 saturated heterocycles. The molecule has 0 amide bonds. The van der Waals surface area contributed by atoms with Crippen LogP contribution < -0.4 is 0 Å². The van der Waals surface area contributed by atoms with Crippen LogP contribution in [0.2, 0.25) is 0 Å². The minimum absolute atomic E-state index is 0.0423. The van der Waals surface area contributed by atoms with E-state index in [0.29, 0.717) is 6.42 Å². The smallest absolute Gasteiger partial charge is 0.306 e. The van der Waals surface area contributed by atoms with Crippen LogP contribution in [0.15, 0.2) is 60.3 Å². The van der Waals surface area contributed by atoms with E-state index < -0.39 is 0 Å². The molecule has 5 heteroatoms. The van der Waals surface area contributed by atoms with Crippen molar-refractivity contribution in [2.24, 2.45) is 5.92 Å². The van der Waals surface area contributed by atoms with Crippen molar-refractivity contribution in [3.63, 3.8) is 0 Å². The van der Waals surface area contributed by atoms with Crippen LogP contribution in [0.5, 0.6) is 0 Å². The first kappa shape index (κ1) is 24.6. The van der Waals surface area contributed by atoms with Crippen LogP contribution >= 0.6 is 0 Å². The molecule has 0 fully saturated rings. The first-order chi connectivity index (χ1) is 14.9. The van der Waals surface area contributed by atoms with Gasteiger partial charge >= 0.3 is 11.9 Å². The highest BCUT2D eigenvalue weighted by atomic mass is 16.5. The molecule has 31 heavy (non-hydrogen) atoms. The number of carbonyl (C=O) groups excluding carboxylic acids is 2. The molecule has 2 rings (SSSR count). The molecule has 1 aromatic rings. The standard InChI is InChI=1S/C26H35NO4/c1-19(24-14-8-9-18-27-24)11-10-12-20(2)26-21(3)16-17-23(30-22(4)28)13-6-5-7-15-25(29)31-26/h8-12,14,16-19,21,23,26H,5-7,13,15H2,1-4H3/b11-10+,17-16+,20-12+/t19-,21-,23-,26+/m0/s1. The third-order valence-corrected chi connectivity index (χ3v) is 5.41. The number of carbonyl (C=O) groups is 2. The van der Waals surface area contributed by atoms with Gasteiger partial charge in [-0.15, -0.1) is 0 Å². The van der Waals surface area contributed by atoms with Crippen molar-refractivity contribution in [1.82, 2.24) is 4.98 Å². The van der Waals surface area contributed by atoms with E-state index in [4.69, 9.17) is 9.47 Å². The van der Waals surface area contributed by atoms with E-state index in [1.807, 2.05) is 56.4 Å². The number of nitrogens with zero attached hydrogens (tertiary/aromatic N) is 1. The highest BCUT2D eigenvalue weighted by molar-refractivity contribution is 5.70. The van der Waals surface area contributed by atoms with E-state index in [9.17, 15) is 9.59 Å². The average molecular weight is 426 g/mol. The SMILES string of the molecule is CC(=O)O[C@@H]1/C=C/[C@H](C)[C@@H](/C(C)=C/C=C/[C@H](C)c2ccccn2)OC(=O)CCCCC1. The van der Waals surface area contributed by atoms with Crippen LogP contribution in [-0.4, -0.2) is 29.1 Å². The first-order valence-corrected chi connectivity index (χ1v) is 11.2. The van der Waals surface area contributed by atoms with Gasteiger partial charge in [-0.3, -0.25) is 14.6 Å². The monoisotopic (exact) mass is 425 g/mol. The summed E-state index contributed by atoms with van der Waals surface area (Å²) >= 11 is 0. The third-order valence-electron chi connectivity index (χ3n) is 5.41. The van der Waals surface area contributed by atoms with Gasteiger partial charge < -0.3 is 9.47 Å². The fraction of sp³-hybridized carbons (Fsp3) is 0.500. The van der Waals surface area contributed by atoms with Gasteiger partial charge in [0, 0.05) is 37.1 Å². The van der Waals surface area contributed by atoms with E-state index in [-0.39, 0.29) is 36.0 Å². The van der Waals surface area contributed by atoms with Crippen LogP contribution in [0, 0.1) is 5.92 Å². The van der Waals surface area contributed by atoms with Gasteiger partial charge in [0.15, 0.2) is 0 Å². The number of hydrogen-bond acceptors (Lipinski definition) is 5. The van der Waals surface area contributed by atoms with Crippen molar-refractivity contribution in [2.45, 2.75) is 77.9 Å². The van der Waals surface area contributed by atoms with Gasteiger partial charge in [-0.25, -0.2) is 0 Å². The number of ether oxygens (including phenoxy) is 2. The minimum atomic E-state index is -0.365. The number of esters is 2. The van der Waals surface area contributed by atoms with Gasteiger partial charge in [-0.05, 0) is 50.0 Å². The molecular weight excluding hydrogens is 390 g/mol. The number of hydrogen-bond donors (Lipinski definition) is 0. The maximum absolute atomic E-state index is 12.4. The predicted octanol–water partition coefficient (Wildman–Crippen LogP) is 5.69. The van der Waals surface area contributed by atoms with Crippen molar-refractivity contribution in [3.8, 4) is 0 Å². The van der Waals surface area contributed by atoms with E-state index in [2.05, 4.69) is 18.0 Å². The Bertz CT molecular complexity index is 797. The highest BCUT2D eigenvalue weighted by Crippen LogP contribution is 2.22. The van der Waals surface area contributed by atoms with Crippen molar-refractivity contribution in [2.75, 3.05) is 0 Å². The van der Waals surface area contributed by atoms with Gasteiger partial charge in [0.2, 0.25) is 0 Å². The fourth-order valence-electron chi connectivity index (χ4n) is 3.63. The topological polar surface area (TPSA) is 65.5 Å². The van der Waals surface area contributed by atoms with Crippen LogP contribution in [-0.2, 0) is 19.1 Å². The van der Waals surface area contributed by atoms with Gasteiger partial charge in [0.05, 0.1) is 0 Å². The molecule has 1 aliphatic rings. The summed E-state index contributed by atoms with van der Waals surface area (Å²) in [6, 6.07) is 5.89. The molecule has 0 bridgehead atoms. The second-order valence-electron chi connectivity index (χ2n) is 8.24. The van der Waals surface area contributed by atoms with Crippen molar-refractivity contribution in [3.05, 3.63) is 66.0 Å². The zero-order valence-corrected chi connectivity index (χ0v) is 19.1. The molecular formula is C26H35NO4. The lowest BCUT2D eigenvalue weighted by Crippen LogP contribution is -2.26. The van der Waals surface area contributed by atoms with E-state index in [0.717, 1.165) is 37.0 Å². The Balaban J connectivity index is 2.15. The molecule has 0 aliphatic carbocycles. The van der Waals surface area contributed by atoms with Gasteiger partial charge in [-0.1, -0.05) is 50.6 Å². The summed E-state index contributed by atoms with van der Waals surface area (Å²) in [5.74, 6) is -0.299. The number of pyridine rings is 1. The van der Waals surface area contributed by atoms with Gasteiger partial charge in [0.25, 0.3) is 0 Å². The van der Waals surface area contributed by atoms with E-state index in [1.54, 1.807) is 6.20 Å². The quantitative estimate of drug-likeness (QED) is 0.345. The fourth-order valence-corrected chi connectivity index (χ4v) is 3.63. The zero-order chi connectivity index (χ0) is 22.6. The number of rotatable bonds is 5. The zero-order valence-electron chi connectivity index (χ0n) is 19.1. The first-order valence-electron chi connectivity index (χ1n) is 11.2.